The Morgan fingerprint density at radius 3 is 2.34 bits per heavy atom. The van der Waals surface area contributed by atoms with Gasteiger partial charge in [-0.25, -0.2) is 0 Å². The number of pyridine rings is 1. The number of nitrogens with one attached hydrogen (secondary N) is 1. The molecule has 7 nitrogen and oxygen atoms in total. The van der Waals surface area contributed by atoms with Crippen LogP contribution in [0.4, 0.5) is 5.69 Å². The molecule has 150 valence electrons. The third-order valence-corrected chi connectivity index (χ3v) is 4.11. The summed E-state index contributed by atoms with van der Waals surface area (Å²) in [6.07, 6.45) is 1.47. The SMILES string of the molecule is CCOc1ccc(NC(=O)c2cccn(OCc3ccc(OC)cc3)c2=O)cc1. The standard InChI is InChI=1S/C22H22N2O5/c1-3-28-19-12-8-17(9-13-19)23-21(25)20-5-4-14-24(22(20)26)29-15-16-6-10-18(27-2)11-7-16/h4-14H,3,15H2,1-2H3,(H,23,25). The number of methoxy groups -OCH3 is 1. The number of anilines is 1. The van der Waals surface area contributed by atoms with Gasteiger partial charge < -0.3 is 19.6 Å². The highest BCUT2D eigenvalue weighted by atomic mass is 16.7. The molecule has 1 amide bonds. The van der Waals surface area contributed by atoms with Crippen LogP contribution in [0.25, 0.3) is 0 Å². The second kappa shape index (κ2) is 9.45. The van der Waals surface area contributed by atoms with Gasteiger partial charge >= 0.3 is 0 Å². The van der Waals surface area contributed by atoms with Gasteiger partial charge in [0.1, 0.15) is 23.7 Å². The van der Waals surface area contributed by atoms with Gasteiger partial charge in [-0.2, -0.15) is 4.73 Å². The number of carbonyl (C=O) groups is 1. The number of rotatable bonds is 8. The van der Waals surface area contributed by atoms with Crippen molar-refractivity contribution in [1.82, 2.24) is 4.73 Å². The molecule has 29 heavy (non-hydrogen) atoms. The number of nitrogens with zero attached hydrogens (tertiary/aromatic N) is 1. The first-order chi connectivity index (χ1) is 14.1. The Balaban J connectivity index is 1.68. The first kappa shape index (κ1) is 20.0. The smallest absolute Gasteiger partial charge is 0.295 e. The maximum atomic E-state index is 12.6. The van der Waals surface area contributed by atoms with Crippen LogP contribution in [0.3, 0.4) is 0 Å². The number of carbonyl (C=O) groups excluding carboxylic acids is 1. The van der Waals surface area contributed by atoms with Crippen molar-refractivity contribution >= 4 is 11.6 Å². The fourth-order valence-corrected chi connectivity index (χ4v) is 2.62. The summed E-state index contributed by atoms with van der Waals surface area (Å²) in [4.78, 5) is 30.7. The monoisotopic (exact) mass is 394 g/mol. The molecule has 0 fully saturated rings. The van der Waals surface area contributed by atoms with Crippen molar-refractivity contribution in [1.29, 1.82) is 0 Å². The van der Waals surface area contributed by atoms with E-state index in [1.54, 1.807) is 37.4 Å². The Morgan fingerprint density at radius 2 is 1.69 bits per heavy atom. The van der Waals surface area contributed by atoms with E-state index in [1.165, 1.54) is 12.3 Å². The van der Waals surface area contributed by atoms with Gasteiger partial charge in [-0.1, -0.05) is 12.1 Å². The van der Waals surface area contributed by atoms with E-state index in [0.29, 0.717) is 18.0 Å². The molecule has 1 heterocycles. The Morgan fingerprint density at radius 1 is 1.00 bits per heavy atom. The zero-order valence-corrected chi connectivity index (χ0v) is 16.3. The van der Waals surface area contributed by atoms with E-state index in [1.807, 2.05) is 31.2 Å². The Kier molecular flexibility index (Phi) is 6.52. The predicted octanol–water partition coefficient (Wildman–Crippen LogP) is 3.14. The summed E-state index contributed by atoms with van der Waals surface area (Å²) in [6, 6.07) is 17.3. The molecule has 0 saturated carbocycles. The fourth-order valence-electron chi connectivity index (χ4n) is 2.62. The number of benzene rings is 2. The molecule has 3 aromatic rings. The van der Waals surface area contributed by atoms with Gasteiger partial charge in [0.15, 0.2) is 0 Å². The van der Waals surface area contributed by atoms with Crippen molar-refractivity contribution in [3.8, 4) is 11.5 Å². The van der Waals surface area contributed by atoms with E-state index in [9.17, 15) is 9.59 Å². The molecular formula is C22H22N2O5. The lowest BCUT2D eigenvalue weighted by molar-refractivity contribution is 0.0863. The van der Waals surface area contributed by atoms with Crippen LogP contribution < -0.4 is 25.2 Å². The largest absolute Gasteiger partial charge is 0.497 e. The van der Waals surface area contributed by atoms with Crippen LogP contribution in [0.15, 0.2) is 71.7 Å². The molecule has 0 bridgehead atoms. The molecule has 2 aromatic carbocycles. The van der Waals surface area contributed by atoms with E-state index < -0.39 is 11.5 Å². The minimum atomic E-state index is -0.538. The lowest BCUT2D eigenvalue weighted by Crippen LogP contribution is -2.32. The van der Waals surface area contributed by atoms with Crippen LogP contribution in [0.1, 0.15) is 22.8 Å². The maximum Gasteiger partial charge on any atom is 0.295 e. The van der Waals surface area contributed by atoms with Gasteiger partial charge in [0, 0.05) is 11.9 Å². The van der Waals surface area contributed by atoms with Crippen LogP contribution in [0.5, 0.6) is 11.5 Å². The summed E-state index contributed by atoms with van der Waals surface area (Å²) in [5.41, 5.74) is 0.870. The third kappa shape index (κ3) is 5.16. The van der Waals surface area contributed by atoms with Gasteiger partial charge in [-0.05, 0) is 61.0 Å². The van der Waals surface area contributed by atoms with E-state index in [4.69, 9.17) is 14.3 Å². The zero-order valence-electron chi connectivity index (χ0n) is 16.3. The third-order valence-electron chi connectivity index (χ3n) is 4.11. The summed E-state index contributed by atoms with van der Waals surface area (Å²) in [6.45, 7) is 2.63. The summed E-state index contributed by atoms with van der Waals surface area (Å²) in [7, 11) is 1.59. The first-order valence-electron chi connectivity index (χ1n) is 9.13. The highest BCUT2D eigenvalue weighted by molar-refractivity contribution is 6.03. The van der Waals surface area contributed by atoms with Gasteiger partial charge in [0.05, 0.1) is 13.7 Å². The van der Waals surface area contributed by atoms with Crippen molar-refractivity contribution in [2.45, 2.75) is 13.5 Å². The van der Waals surface area contributed by atoms with Gasteiger partial charge in [0.2, 0.25) is 0 Å². The molecule has 0 aliphatic rings. The van der Waals surface area contributed by atoms with Crippen molar-refractivity contribution in [3.63, 3.8) is 0 Å². The van der Waals surface area contributed by atoms with E-state index in [-0.39, 0.29) is 12.2 Å². The van der Waals surface area contributed by atoms with Crippen LogP contribution >= 0.6 is 0 Å². The number of ether oxygens (including phenoxy) is 2. The zero-order chi connectivity index (χ0) is 20.6. The molecule has 0 unspecified atom stereocenters. The second-order valence-electron chi connectivity index (χ2n) is 6.09. The lowest BCUT2D eigenvalue weighted by Gasteiger charge is -2.11. The minimum absolute atomic E-state index is 0.0175. The molecule has 0 saturated heterocycles. The number of aromatic nitrogens is 1. The van der Waals surface area contributed by atoms with E-state index in [0.717, 1.165) is 16.0 Å². The molecule has 0 aliphatic heterocycles. The van der Waals surface area contributed by atoms with Crippen molar-refractivity contribution in [3.05, 3.63) is 88.3 Å². The van der Waals surface area contributed by atoms with Crippen molar-refractivity contribution in [2.75, 3.05) is 19.0 Å². The summed E-state index contributed by atoms with van der Waals surface area (Å²) in [5.74, 6) is 0.930. The molecule has 1 aromatic heterocycles. The topological polar surface area (TPSA) is 78.8 Å². The average Bonchev–Trinajstić information content (AvgIpc) is 2.75. The van der Waals surface area contributed by atoms with Crippen LogP contribution in [-0.2, 0) is 6.61 Å². The van der Waals surface area contributed by atoms with Gasteiger partial charge in [-0.15, -0.1) is 0 Å². The fraction of sp³-hybridized carbons (Fsp3) is 0.182. The highest BCUT2D eigenvalue weighted by Crippen LogP contribution is 2.16. The molecule has 0 aliphatic carbocycles. The summed E-state index contributed by atoms with van der Waals surface area (Å²) >= 11 is 0. The number of hydrogen-bond acceptors (Lipinski definition) is 5. The summed E-state index contributed by atoms with van der Waals surface area (Å²) < 4.78 is 11.5. The molecule has 0 radical (unpaired) electrons. The normalized spacial score (nSPS) is 10.3. The van der Waals surface area contributed by atoms with Gasteiger partial charge in [0.25, 0.3) is 11.5 Å². The predicted molar refractivity (Wildman–Crippen MR) is 110 cm³/mol. The second-order valence-corrected chi connectivity index (χ2v) is 6.09. The first-order valence-corrected chi connectivity index (χ1v) is 9.13. The average molecular weight is 394 g/mol. The quantitative estimate of drug-likeness (QED) is 0.635. The van der Waals surface area contributed by atoms with E-state index in [2.05, 4.69) is 5.32 Å². The van der Waals surface area contributed by atoms with Gasteiger partial charge in [-0.3, -0.25) is 9.59 Å². The molecule has 7 heteroatoms. The Hall–Kier alpha value is -3.74. The highest BCUT2D eigenvalue weighted by Gasteiger charge is 2.13. The molecule has 0 spiro atoms. The van der Waals surface area contributed by atoms with Crippen molar-refractivity contribution in [2.24, 2.45) is 0 Å². The van der Waals surface area contributed by atoms with Crippen LogP contribution in [0, 0.1) is 0 Å². The lowest BCUT2D eigenvalue weighted by atomic mass is 10.2. The molecular weight excluding hydrogens is 372 g/mol. The molecule has 1 N–H and O–H groups in total. The Bertz CT molecular complexity index is 1010. The number of amides is 1. The van der Waals surface area contributed by atoms with Crippen molar-refractivity contribution < 1.29 is 19.1 Å². The van der Waals surface area contributed by atoms with Crippen LogP contribution in [0.2, 0.25) is 0 Å². The minimum Gasteiger partial charge on any atom is -0.497 e. The summed E-state index contributed by atoms with van der Waals surface area (Å²) in [5, 5.41) is 2.70. The molecule has 0 atom stereocenters. The molecule has 3 rings (SSSR count). The maximum absolute atomic E-state index is 12.6. The van der Waals surface area contributed by atoms with E-state index >= 15 is 0 Å². The van der Waals surface area contributed by atoms with Crippen LogP contribution in [-0.4, -0.2) is 24.4 Å². The Labute approximate surface area is 168 Å². The number of hydrogen-bond donors (Lipinski definition) is 1.